The van der Waals surface area contributed by atoms with E-state index < -0.39 is 18.7 Å². The van der Waals surface area contributed by atoms with Crippen LogP contribution in [0.4, 0.5) is 13.2 Å². The molecule has 0 unspecified atom stereocenters. The van der Waals surface area contributed by atoms with E-state index in [4.69, 9.17) is 9.15 Å². The van der Waals surface area contributed by atoms with Gasteiger partial charge in [0, 0.05) is 0 Å². The summed E-state index contributed by atoms with van der Waals surface area (Å²) in [5.74, 6) is -0.286. The molecule has 0 aliphatic carbocycles. The van der Waals surface area contributed by atoms with Gasteiger partial charge >= 0.3 is 12.1 Å². The molecular formula is C13H16F3NO3. The molecule has 0 amide bonds. The van der Waals surface area contributed by atoms with Crippen LogP contribution in [0.5, 0.6) is 0 Å². The van der Waals surface area contributed by atoms with E-state index in [0.717, 1.165) is 0 Å². The standard InChI is InChI=1S/C13H16F3NO3/c14-13(15,16)9-17-5-3-10(4-6-17)8-20-12(18)11-2-1-7-19-11/h1-2,7,10H,3-6,8-9H2. The fourth-order valence-electron chi connectivity index (χ4n) is 2.22. The molecule has 20 heavy (non-hydrogen) atoms. The first-order valence-electron chi connectivity index (χ1n) is 6.44. The summed E-state index contributed by atoms with van der Waals surface area (Å²) in [5.41, 5.74) is 0. The highest BCUT2D eigenvalue weighted by atomic mass is 19.4. The summed E-state index contributed by atoms with van der Waals surface area (Å²) >= 11 is 0. The Morgan fingerprint density at radius 3 is 2.65 bits per heavy atom. The lowest BCUT2D eigenvalue weighted by Crippen LogP contribution is -2.40. The molecule has 1 fully saturated rings. The van der Waals surface area contributed by atoms with Crippen molar-refractivity contribution < 1.29 is 27.1 Å². The average molecular weight is 291 g/mol. The van der Waals surface area contributed by atoms with E-state index in [9.17, 15) is 18.0 Å². The fraction of sp³-hybridized carbons (Fsp3) is 0.615. The van der Waals surface area contributed by atoms with Gasteiger partial charge in [-0.15, -0.1) is 0 Å². The molecule has 2 heterocycles. The topological polar surface area (TPSA) is 42.7 Å². The largest absolute Gasteiger partial charge is 0.460 e. The molecule has 1 aromatic rings. The van der Waals surface area contributed by atoms with E-state index >= 15 is 0 Å². The van der Waals surface area contributed by atoms with Gasteiger partial charge in [-0.25, -0.2) is 4.79 Å². The van der Waals surface area contributed by atoms with Crippen molar-refractivity contribution in [3.63, 3.8) is 0 Å². The van der Waals surface area contributed by atoms with Crippen LogP contribution >= 0.6 is 0 Å². The molecule has 4 nitrogen and oxygen atoms in total. The normalized spacial score (nSPS) is 18.1. The first kappa shape index (κ1) is 14.9. The predicted octanol–water partition coefficient (Wildman–Crippen LogP) is 2.71. The number of rotatable bonds is 4. The molecule has 0 N–H and O–H groups in total. The van der Waals surface area contributed by atoms with Crippen LogP contribution in [0, 0.1) is 5.92 Å². The van der Waals surface area contributed by atoms with Crippen LogP contribution in [0.25, 0.3) is 0 Å². The second-order valence-corrected chi connectivity index (χ2v) is 4.91. The third-order valence-electron chi connectivity index (χ3n) is 3.28. The molecule has 112 valence electrons. The van der Waals surface area contributed by atoms with Gasteiger partial charge in [-0.2, -0.15) is 13.2 Å². The molecule has 1 aromatic heterocycles. The number of hydrogen-bond acceptors (Lipinski definition) is 4. The van der Waals surface area contributed by atoms with Crippen molar-refractivity contribution in [1.29, 1.82) is 0 Å². The molecule has 1 aliphatic rings. The van der Waals surface area contributed by atoms with Crippen molar-refractivity contribution >= 4 is 5.97 Å². The highest BCUT2D eigenvalue weighted by molar-refractivity contribution is 5.86. The number of alkyl halides is 3. The Labute approximate surface area is 114 Å². The van der Waals surface area contributed by atoms with Crippen LogP contribution in [0.2, 0.25) is 0 Å². The van der Waals surface area contributed by atoms with E-state index in [1.165, 1.54) is 17.2 Å². The van der Waals surface area contributed by atoms with Crippen molar-refractivity contribution in [2.45, 2.75) is 19.0 Å². The van der Waals surface area contributed by atoms with Crippen LogP contribution in [-0.4, -0.2) is 43.3 Å². The fourth-order valence-corrected chi connectivity index (χ4v) is 2.22. The molecule has 2 rings (SSSR count). The summed E-state index contributed by atoms with van der Waals surface area (Å²) < 4.78 is 46.7. The highest BCUT2D eigenvalue weighted by Gasteiger charge is 2.32. The Morgan fingerprint density at radius 1 is 1.40 bits per heavy atom. The van der Waals surface area contributed by atoms with E-state index in [-0.39, 0.29) is 18.3 Å². The molecule has 1 aliphatic heterocycles. The maximum absolute atomic E-state index is 12.2. The number of likely N-dealkylation sites (tertiary alicyclic amines) is 1. The van der Waals surface area contributed by atoms with E-state index in [1.807, 2.05) is 0 Å². The summed E-state index contributed by atoms with van der Waals surface area (Å²) in [6.07, 6.45) is -1.58. The molecule has 0 saturated carbocycles. The summed E-state index contributed by atoms with van der Waals surface area (Å²) in [6, 6.07) is 3.10. The maximum atomic E-state index is 12.2. The Hall–Kier alpha value is -1.50. The Morgan fingerprint density at radius 2 is 2.10 bits per heavy atom. The smallest absolute Gasteiger partial charge is 0.401 e. The van der Waals surface area contributed by atoms with Gasteiger partial charge in [0.1, 0.15) is 0 Å². The number of carbonyl (C=O) groups excluding carboxylic acids is 1. The predicted molar refractivity (Wildman–Crippen MR) is 64.2 cm³/mol. The minimum atomic E-state index is -4.15. The van der Waals surface area contributed by atoms with Crippen LogP contribution in [0.1, 0.15) is 23.4 Å². The van der Waals surface area contributed by atoms with Gasteiger partial charge in [0.2, 0.25) is 5.76 Å². The maximum Gasteiger partial charge on any atom is 0.401 e. The van der Waals surface area contributed by atoms with Crippen molar-refractivity contribution in [2.75, 3.05) is 26.2 Å². The molecule has 0 aromatic carbocycles. The second kappa shape index (κ2) is 6.30. The number of hydrogen-bond donors (Lipinski definition) is 0. The van der Waals surface area contributed by atoms with E-state index in [2.05, 4.69) is 0 Å². The van der Waals surface area contributed by atoms with Gasteiger partial charge in [0.25, 0.3) is 0 Å². The number of nitrogens with zero attached hydrogens (tertiary/aromatic N) is 1. The lowest BCUT2D eigenvalue weighted by Gasteiger charge is -2.31. The number of carbonyl (C=O) groups is 1. The van der Waals surface area contributed by atoms with Gasteiger partial charge in [0.05, 0.1) is 19.4 Å². The zero-order valence-electron chi connectivity index (χ0n) is 10.9. The highest BCUT2D eigenvalue weighted by Crippen LogP contribution is 2.22. The van der Waals surface area contributed by atoms with Crippen molar-refractivity contribution in [3.8, 4) is 0 Å². The van der Waals surface area contributed by atoms with Crippen LogP contribution in [-0.2, 0) is 4.74 Å². The number of furan rings is 1. The summed E-state index contributed by atoms with van der Waals surface area (Å²) in [5, 5.41) is 0. The number of ether oxygens (including phenoxy) is 1. The van der Waals surface area contributed by atoms with Gasteiger partial charge in [-0.3, -0.25) is 4.90 Å². The summed E-state index contributed by atoms with van der Waals surface area (Å²) in [6.45, 7) is 0.107. The van der Waals surface area contributed by atoms with Gasteiger partial charge < -0.3 is 9.15 Å². The number of halogens is 3. The quantitative estimate of drug-likeness (QED) is 0.800. The van der Waals surface area contributed by atoms with Crippen LogP contribution in [0.15, 0.2) is 22.8 Å². The summed E-state index contributed by atoms with van der Waals surface area (Å²) in [7, 11) is 0. The number of piperidine rings is 1. The third-order valence-corrected chi connectivity index (χ3v) is 3.28. The van der Waals surface area contributed by atoms with Crippen molar-refractivity contribution in [2.24, 2.45) is 5.92 Å². The SMILES string of the molecule is O=C(OCC1CCN(CC(F)(F)F)CC1)c1ccco1. The average Bonchev–Trinajstić information content (AvgIpc) is 2.89. The Kier molecular flexibility index (Phi) is 4.69. The van der Waals surface area contributed by atoms with E-state index in [0.29, 0.717) is 25.9 Å². The van der Waals surface area contributed by atoms with Gasteiger partial charge in [-0.05, 0) is 44.0 Å². The van der Waals surface area contributed by atoms with Gasteiger partial charge in [-0.1, -0.05) is 0 Å². The monoisotopic (exact) mass is 291 g/mol. The minimum absolute atomic E-state index is 0.110. The molecule has 7 heteroatoms. The first-order chi connectivity index (χ1) is 9.44. The zero-order valence-corrected chi connectivity index (χ0v) is 10.9. The second-order valence-electron chi connectivity index (χ2n) is 4.91. The molecule has 0 radical (unpaired) electrons. The molecule has 0 atom stereocenters. The molecule has 1 saturated heterocycles. The zero-order chi connectivity index (χ0) is 14.6. The Bertz CT molecular complexity index is 423. The van der Waals surface area contributed by atoms with Crippen LogP contribution < -0.4 is 0 Å². The van der Waals surface area contributed by atoms with Crippen molar-refractivity contribution in [1.82, 2.24) is 4.90 Å². The third kappa shape index (κ3) is 4.56. The first-order valence-corrected chi connectivity index (χ1v) is 6.44. The lowest BCUT2D eigenvalue weighted by molar-refractivity contribution is -0.148. The molecular weight excluding hydrogens is 275 g/mol. The number of esters is 1. The van der Waals surface area contributed by atoms with E-state index in [1.54, 1.807) is 6.07 Å². The van der Waals surface area contributed by atoms with Crippen molar-refractivity contribution in [3.05, 3.63) is 24.2 Å². The molecule has 0 bridgehead atoms. The van der Waals surface area contributed by atoms with Gasteiger partial charge in [0.15, 0.2) is 0 Å². The minimum Gasteiger partial charge on any atom is -0.460 e. The van der Waals surface area contributed by atoms with Crippen LogP contribution in [0.3, 0.4) is 0 Å². The molecule has 0 spiro atoms. The summed E-state index contributed by atoms with van der Waals surface area (Å²) in [4.78, 5) is 12.9. The Balaban J connectivity index is 1.68. The lowest BCUT2D eigenvalue weighted by atomic mass is 9.98.